The highest BCUT2D eigenvalue weighted by Gasteiger charge is 2.14. The molecule has 1 aliphatic heterocycles. The summed E-state index contributed by atoms with van der Waals surface area (Å²) >= 11 is 5.68. The molecule has 0 amide bonds. The van der Waals surface area contributed by atoms with Gasteiger partial charge in [0.1, 0.15) is 12.4 Å². The van der Waals surface area contributed by atoms with E-state index in [2.05, 4.69) is 4.74 Å². The highest BCUT2D eigenvalue weighted by Crippen LogP contribution is 2.27. The Hall–Kier alpha value is -1.48. The number of ether oxygens (including phenoxy) is 2. The number of carbonyl (C=O) groups is 1. The summed E-state index contributed by atoms with van der Waals surface area (Å²) < 4.78 is 10.3. The summed E-state index contributed by atoms with van der Waals surface area (Å²) in [6.07, 6.45) is 1.67. The number of aryl methyl sites for hydroxylation is 1. The second-order valence-electron chi connectivity index (χ2n) is 3.87. The zero-order chi connectivity index (χ0) is 12.3. The molecule has 90 valence electrons. The molecule has 0 saturated heterocycles. The second kappa shape index (κ2) is 5.23. The summed E-state index contributed by atoms with van der Waals surface area (Å²) in [5, 5.41) is 0. The van der Waals surface area contributed by atoms with E-state index in [0.717, 1.165) is 29.7 Å². The second-order valence-corrected chi connectivity index (χ2v) is 4.09. The number of carbonyl (C=O) groups excluding carboxylic acids is 1. The first-order valence-electron chi connectivity index (χ1n) is 5.36. The average Bonchev–Trinajstić information content (AvgIpc) is 2.59. The molecule has 0 fully saturated rings. The van der Waals surface area contributed by atoms with Crippen LogP contribution in [0.2, 0.25) is 0 Å². The van der Waals surface area contributed by atoms with E-state index in [1.807, 2.05) is 6.07 Å². The molecule has 2 rings (SSSR count). The molecule has 0 unspecified atom stereocenters. The van der Waals surface area contributed by atoms with Gasteiger partial charge in [-0.3, -0.25) is 0 Å². The third-order valence-electron chi connectivity index (χ3n) is 2.76. The topological polar surface area (TPSA) is 35.5 Å². The van der Waals surface area contributed by atoms with E-state index in [1.54, 1.807) is 17.7 Å². The molecule has 0 aliphatic carbocycles. The van der Waals surface area contributed by atoms with Crippen LogP contribution in [0.3, 0.4) is 0 Å². The summed E-state index contributed by atoms with van der Waals surface area (Å²) in [6, 6.07) is 5.33. The largest absolute Gasteiger partial charge is 0.489 e. The molecule has 0 radical (unpaired) electrons. The van der Waals surface area contributed by atoms with E-state index in [0.29, 0.717) is 12.2 Å². The van der Waals surface area contributed by atoms with Crippen molar-refractivity contribution in [1.82, 2.24) is 0 Å². The van der Waals surface area contributed by atoms with Crippen LogP contribution < -0.4 is 4.74 Å². The Kier molecular flexibility index (Phi) is 3.69. The molecular weight excluding hydrogens is 240 g/mol. The van der Waals surface area contributed by atoms with Gasteiger partial charge in [-0.2, -0.15) is 0 Å². The maximum Gasteiger partial charge on any atom is 0.337 e. The minimum atomic E-state index is -0.329. The zero-order valence-corrected chi connectivity index (χ0v) is 10.3. The van der Waals surface area contributed by atoms with E-state index < -0.39 is 0 Å². The van der Waals surface area contributed by atoms with Gasteiger partial charge in [-0.25, -0.2) is 4.79 Å². The number of fused-ring (bicyclic) bond motifs is 1. The van der Waals surface area contributed by atoms with Crippen molar-refractivity contribution < 1.29 is 14.3 Å². The summed E-state index contributed by atoms with van der Waals surface area (Å²) in [6.45, 7) is 0.508. The molecule has 17 heavy (non-hydrogen) atoms. The molecule has 0 saturated carbocycles. The van der Waals surface area contributed by atoms with Crippen LogP contribution in [0.1, 0.15) is 22.3 Å². The number of rotatable bonds is 1. The van der Waals surface area contributed by atoms with Crippen LogP contribution in [0, 0.1) is 0 Å². The Bertz CT molecular complexity index is 466. The van der Waals surface area contributed by atoms with Gasteiger partial charge >= 0.3 is 5.97 Å². The third kappa shape index (κ3) is 2.61. The minimum absolute atomic E-state index is 0.329. The molecule has 3 nitrogen and oxygen atoms in total. The van der Waals surface area contributed by atoms with Gasteiger partial charge < -0.3 is 9.47 Å². The Labute approximate surface area is 105 Å². The molecule has 1 aliphatic rings. The summed E-state index contributed by atoms with van der Waals surface area (Å²) in [5.74, 6) is 0.483. The lowest BCUT2D eigenvalue weighted by molar-refractivity contribution is 0.0600. The number of esters is 1. The van der Waals surface area contributed by atoms with E-state index >= 15 is 0 Å². The highest BCUT2D eigenvalue weighted by atomic mass is 35.5. The van der Waals surface area contributed by atoms with Gasteiger partial charge in [0.25, 0.3) is 0 Å². The maximum absolute atomic E-state index is 11.4. The van der Waals surface area contributed by atoms with Crippen LogP contribution in [-0.4, -0.2) is 19.7 Å². The molecule has 0 spiro atoms. The molecule has 0 aromatic heterocycles. The van der Waals surface area contributed by atoms with Gasteiger partial charge in [-0.05, 0) is 42.2 Å². The third-order valence-corrected chi connectivity index (χ3v) is 3.07. The van der Waals surface area contributed by atoms with Crippen molar-refractivity contribution in [3.8, 4) is 5.75 Å². The number of halogens is 1. The first kappa shape index (κ1) is 12.0. The Morgan fingerprint density at radius 3 is 3.00 bits per heavy atom. The molecule has 0 bridgehead atoms. The molecular formula is C13H13ClO3. The maximum atomic E-state index is 11.4. The molecule has 1 heterocycles. The van der Waals surface area contributed by atoms with E-state index in [-0.39, 0.29) is 5.97 Å². The van der Waals surface area contributed by atoms with Crippen molar-refractivity contribution in [3.05, 3.63) is 40.4 Å². The van der Waals surface area contributed by atoms with Crippen LogP contribution in [0.5, 0.6) is 5.75 Å². The van der Waals surface area contributed by atoms with Crippen LogP contribution in [-0.2, 0) is 11.2 Å². The fraction of sp³-hybridized carbons (Fsp3) is 0.308. The zero-order valence-electron chi connectivity index (χ0n) is 9.53. The number of methoxy groups -OCH3 is 1. The summed E-state index contributed by atoms with van der Waals surface area (Å²) in [5.41, 5.74) is 4.18. The van der Waals surface area contributed by atoms with Gasteiger partial charge in [0, 0.05) is 5.54 Å². The standard InChI is InChI=1S/C13H13ClO3/c1-16-13(15)11-4-5-12-10(6-11)3-2-9(7-14)8-17-12/h4-7H,2-3,8H2,1H3/b9-7+. The Morgan fingerprint density at radius 1 is 1.47 bits per heavy atom. The van der Waals surface area contributed by atoms with Crippen LogP contribution >= 0.6 is 11.6 Å². The van der Waals surface area contributed by atoms with Crippen LogP contribution in [0.25, 0.3) is 0 Å². The molecule has 0 atom stereocenters. The summed E-state index contributed by atoms with van der Waals surface area (Å²) in [7, 11) is 1.37. The Morgan fingerprint density at radius 2 is 2.29 bits per heavy atom. The smallest absolute Gasteiger partial charge is 0.337 e. The molecule has 4 heteroatoms. The van der Waals surface area contributed by atoms with E-state index in [4.69, 9.17) is 16.3 Å². The predicted molar refractivity (Wildman–Crippen MR) is 65.5 cm³/mol. The fourth-order valence-corrected chi connectivity index (χ4v) is 1.96. The van der Waals surface area contributed by atoms with Crippen molar-refractivity contribution in [2.75, 3.05) is 13.7 Å². The van der Waals surface area contributed by atoms with Gasteiger partial charge in [0.2, 0.25) is 0 Å². The highest BCUT2D eigenvalue weighted by molar-refractivity contribution is 6.25. The van der Waals surface area contributed by atoms with Gasteiger partial charge in [-0.15, -0.1) is 0 Å². The first-order chi connectivity index (χ1) is 8.24. The minimum Gasteiger partial charge on any atom is -0.489 e. The lowest BCUT2D eigenvalue weighted by Gasteiger charge is -2.08. The van der Waals surface area contributed by atoms with Crippen molar-refractivity contribution >= 4 is 17.6 Å². The van der Waals surface area contributed by atoms with Crippen LogP contribution in [0.15, 0.2) is 29.3 Å². The van der Waals surface area contributed by atoms with Crippen molar-refractivity contribution in [1.29, 1.82) is 0 Å². The lowest BCUT2D eigenvalue weighted by atomic mass is 10.0. The predicted octanol–water partition coefficient (Wildman–Crippen LogP) is 2.92. The normalized spacial score (nSPS) is 16.9. The van der Waals surface area contributed by atoms with Gasteiger partial charge in [0.15, 0.2) is 0 Å². The van der Waals surface area contributed by atoms with Crippen LogP contribution in [0.4, 0.5) is 0 Å². The van der Waals surface area contributed by atoms with Crippen molar-refractivity contribution in [3.63, 3.8) is 0 Å². The first-order valence-corrected chi connectivity index (χ1v) is 5.80. The molecule has 1 aromatic carbocycles. The van der Waals surface area contributed by atoms with Crippen molar-refractivity contribution in [2.45, 2.75) is 12.8 Å². The molecule has 0 N–H and O–H groups in total. The lowest BCUT2D eigenvalue weighted by Crippen LogP contribution is -2.03. The van der Waals surface area contributed by atoms with Gasteiger partial charge in [0.05, 0.1) is 12.7 Å². The number of hydrogen-bond donors (Lipinski definition) is 0. The number of hydrogen-bond acceptors (Lipinski definition) is 3. The van der Waals surface area contributed by atoms with Crippen molar-refractivity contribution in [2.24, 2.45) is 0 Å². The Balaban J connectivity index is 2.28. The quantitative estimate of drug-likeness (QED) is 0.721. The van der Waals surface area contributed by atoms with E-state index in [9.17, 15) is 4.79 Å². The average molecular weight is 253 g/mol. The molecule has 1 aromatic rings. The monoisotopic (exact) mass is 252 g/mol. The van der Waals surface area contributed by atoms with Gasteiger partial charge in [-0.1, -0.05) is 11.6 Å². The fourth-order valence-electron chi connectivity index (χ4n) is 1.78. The number of benzene rings is 1. The van der Waals surface area contributed by atoms with E-state index in [1.165, 1.54) is 7.11 Å². The SMILES string of the molecule is COC(=O)c1ccc2c(c1)CC/C(=C\Cl)CO2. The summed E-state index contributed by atoms with van der Waals surface area (Å²) in [4.78, 5) is 11.4.